The molecule has 232 valence electrons. The van der Waals surface area contributed by atoms with Gasteiger partial charge in [0.05, 0.1) is 28.7 Å². The van der Waals surface area contributed by atoms with Gasteiger partial charge in [-0.2, -0.15) is 18.4 Å². The van der Waals surface area contributed by atoms with E-state index < -0.39 is 34.6 Å². The highest BCUT2D eigenvalue weighted by molar-refractivity contribution is 7.16. The van der Waals surface area contributed by atoms with Crippen molar-refractivity contribution >= 4 is 39.3 Å². The molecule has 2 aliphatic rings. The van der Waals surface area contributed by atoms with Crippen LogP contribution in [-0.4, -0.2) is 66.1 Å². The zero-order valence-corrected chi connectivity index (χ0v) is 25.2. The highest BCUT2D eigenvalue weighted by Gasteiger charge is 2.36. The second-order valence-electron chi connectivity index (χ2n) is 11.1. The smallest absolute Gasteiger partial charge is 0.367 e. The van der Waals surface area contributed by atoms with Crippen molar-refractivity contribution in [3.63, 3.8) is 0 Å². The van der Waals surface area contributed by atoms with E-state index in [4.69, 9.17) is 5.26 Å². The minimum absolute atomic E-state index is 0.0871. The van der Waals surface area contributed by atoms with Gasteiger partial charge in [0.1, 0.15) is 16.8 Å². The van der Waals surface area contributed by atoms with Crippen LogP contribution in [0.15, 0.2) is 41.5 Å². The Hall–Kier alpha value is -4.22. The SMILES string of the molecule is C[C@@H]1CN(c2cc(F)c(C3=CCCN(c4ncc(C#N)s4)CC3)cc2NC(=O)c2c[nH]c(=O)cc2C(F)(F)F)C[C@H](C)N1C. The zero-order chi connectivity index (χ0) is 31.8. The van der Waals surface area contributed by atoms with Crippen LogP contribution in [-0.2, 0) is 6.18 Å². The number of H-pyrrole nitrogens is 1. The maximum absolute atomic E-state index is 15.9. The molecule has 1 amide bonds. The number of aromatic nitrogens is 2. The van der Waals surface area contributed by atoms with Gasteiger partial charge < -0.3 is 20.1 Å². The van der Waals surface area contributed by atoms with Gasteiger partial charge in [-0.05, 0) is 51.4 Å². The molecule has 2 aliphatic heterocycles. The number of carbonyl (C=O) groups is 1. The summed E-state index contributed by atoms with van der Waals surface area (Å²) in [4.78, 5) is 38.1. The summed E-state index contributed by atoms with van der Waals surface area (Å²) in [7, 11) is 1.99. The fourth-order valence-corrected chi connectivity index (χ4v) is 6.38. The standard InChI is InChI=1S/C30H31F4N7O2S/c1-17-15-41(16-18(2)39(17)3)26-11-24(31)21(19-5-4-7-40(8-6-19)29-37-13-20(12-35)44-29)9-25(26)38-28(43)22-14-36-27(42)10-23(22)30(32,33)34/h5,9-11,13-14,17-18H,4,6-8,15-16H2,1-3H3,(H,36,42)(H,38,43)/t17-,18+. The number of benzene rings is 1. The molecule has 1 aromatic carbocycles. The Morgan fingerprint density at radius 3 is 2.55 bits per heavy atom. The molecule has 0 saturated carbocycles. The number of thiazole rings is 1. The Kier molecular flexibility index (Phi) is 8.80. The monoisotopic (exact) mass is 629 g/mol. The van der Waals surface area contributed by atoms with E-state index in [2.05, 4.69) is 26.3 Å². The zero-order valence-electron chi connectivity index (χ0n) is 24.3. The number of hydrogen-bond donors (Lipinski definition) is 2. The van der Waals surface area contributed by atoms with Crippen molar-refractivity contribution < 1.29 is 22.4 Å². The molecule has 0 radical (unpaired) electrons. The molecule has 0 spiro atoms. The lowest BCUT2D eigenvalue weighted by atomic mass is 9.98. The first-order chi connectivity index (χ1) is 20.8. The Morgan fingerprint density at radius 1 is 1.16 bits per heavy atom. The number of nitrogens with zero attached hydrogens (tertiary/aromatic N) is 5. The van der Waals surface area contributed by atoms with Crippen molar-refractivity contribution in [2.75, 3.05) is 48.3 Å². The summed E-state index contributed by atoms with van der Waals surface area (Å²) >= 11 is 1.28. The Morgan fingerprint density at radius 2 is 1.89 bits per heavy atom. The molecule has 0 unspecified atom stereocenters. The number of rotatable bonds is 5. The van der Waals surface area contributed by atoms with E-state index in [9.17, 15) is 22.8 Å². The number of alkyl halides is 3. The number of anilines is 3. The second kappa shape index (κ2) is 12.4. The van der Waals surface area contributed by atoms with E-state index in [-0.39, 0.29) is 23.3 Å². The van der Waals surface area contributed by atoms with Crippen LogP contribution in [0.1, 0.15) is 53.1 Å². The molecule has 3 aromatic rings. The predicted molar refractivity (Wildman–Crippen MR) is 162 cm³/mol. The average Bonchev–Trinajstić information content (AvgIpc) is 3.33. The number of hydrogen-bond acceptors (Lipinski definition) is 8. The van der Waals surface area contributed by atoms with Crippen molar-refractivity contribution in [2.45, 2.75) is 44.9 Å². The highest BCUT2D eigenvalue weighted by Crippen LogP contribution is 2.37. The van der Waals surface area contributed by atoms with Gasteiger partial charge in [0.15, 0.2) is 5.13 Å². The van der Waals surface area contributed by atoms with Crippen LogP contribution in [0, 0.1) is 17.1 Å². The van der Waals surface area contributed by atoms with E-state index in [0.717, 1.165) is 6.20 Å². The molecule has 0 aliphatic carbocycles. The molecule has 2 aromatic heterocycles. The summed E-state index contributed by atoms with van der Waals surface area (Å²) in [5.74, 6) is -1.60. The maximum atomic E-state index is 15.9. The summed E-state index contributed by atoms with van der Waals surface area (Å²) in [5.41, 5.74) is -1.67. The third kappa shape index (κ3) is 6.48. The number of pyridine rings is 1. The third-order valence-electron chi connectivity index (χ3n) is 8.17. The number of nitriles is 1. The topological polar surface area (TPSA) is 108 Å². The highest BCUT2D eigenvalue weighted by atomic mass is 32.1. The fourth-order valence-electron chi connectivity index (χ4n) is 5.62. The van der Waals surface area contributed by atoms with Crippen molar-refractivity contribution in [3.8, 4) is 6.07 Å². The van der Waals surface area contributed by atoms with E-state index in [1.807, 2.05) is 36.8 Å². The van der Waals surface area contributed by atoms with E-state index in [1.165, 1.54) is 29.7 Å². The summed E-state index contributed by atoms with van der Waals surface area (Å²) in [6, 6.07) is 5.41. The quantitative estimate of drug-likeness (QED) is 0.368. The molecule has 14 heteroatoms. The molecule has 0 bridgehead atoms. The molecule has 4 heterocycles. The van der Waals surface area contributed by atoms with E-state index >= 15 is 4.39 Å². The number of likely N-dealkylation sites (N-methyl/N-ethyl adjacent to an activating group) is 1. The van der Waals surface area contributed by atoms with Crippen molar-refractivity contribution in [2.24, 2.45) is 0 Å². The van der Waals surface area contributed by atoms with E-state index in [0.29, 0.717) is 66.4 Å². The first kappa shape index (κ1) is 31.2. The first-order valence-corrected chi connectivity index (χ1v) is 14.9. The summed E-state index contributed by atoms with van der Waals surface area (Å²) in [6.07, 6.45) is 0.225. The first-order valence-electron chi connectivity index (χ1n) is 14.1. The molecule has 1 fully saturated rings. The Bertz CT molecular complexity index is 1680. The lowest BCUT2D eigenvalue weighted by Crippen LogP contribution is -2.55. The molecule has 1 saturated heterocycles. The van der Waals surface area contributed by atoms with Crippen LogP contribution in [0.4, 0.5) is 34.1 Å². The van der Waals surface area contributed by atoms with Crippen molar-refractivity contribution in [1.29, 1.82) is 5.26 Å². The predicted octanol–water partition coefficient (Wildman–Crippen LogP) is 5.33. The van der Waals surface area contributed by atoms with Crippen LogP contribution < -0.4 is 20.7 Å². The lowest BCUT2D eigenvalue weighted by molar-refractivity contribution is -0.138. The molecule has 44 heavy (non-hydrogen) atoms. The fraction of sp³-hybridized carbons (Fsp3) is 0.400. The Labute approximate surface area is 255 Å². The van der Waals surface area contributed by atoms with Gasteiger partial charge in [0, 0.05) is 56.1 Å². The van der Waals surface area contributed by atoms with Crippen molar-refractivity contribution in [3.05, 3.63) is 74.4 Å². The van der Waals surface area contributed by atoms with Gasteiger partial charge in [-0.1, -0.05) is 17.4 Å². The van der Waals surface area contributed by atoms with Gasteiger partial charge in [0.25, 0.3) is 5.91 Å². The molecule has 2 atom stereocenters. The summed E-state index contributed by atoms with van der Waals surface area (Å²) < 4.78 is 57.2. The molecular formula is C30H31F4N7O2S. The average molecular weight is 630 g/mol. The molecule has 9 nitrogen and oxygen atoms in total. The van der Waals surface area contributed by atoms with Gasteiger partial charge in [-0.15, -0.1) is 0 Å². The number of halogens is 4. The lowest BCUT2D eigenvalue weighted by Gasteiger charge is -2.44. The van der Waals surface area contributed by atoms with Gasteiger partial charge in [0.2, 0.25) is 5.56 Å². The number of piperazine rings is 1. The number of amides is 1. The van der Waals surface area contributed by atoms with Crippen molar-refractivity contribution in [1.82, 2.24) is 14.9 Å². The number of carbonyl (C=O) groups excluding carboxylic acids is 1. The Balaban J connectivity index is 1.51. The normalized spacial score (nSPS) is 19.7. The van der Waals surface area contributed by atoms with Crippen LogP contribution in [0.2, 0.25) is 0 Å². The molecule has 5 rings (SSSR count). The number of nitrogens with one attached hydrogen (secondary N) is 2. The number of aromatic amines is 1. The van der Waals surface area contributed by atoms with Gasteiger partial charge >= 0.3 is 6.18 Å². The summed E-state index contributed by atoms with van der Waals surface area (Å²) in [5, 5.41) is 12.5. The second-order valence-corrected chi connectivity index (χ2v) is 12.1. The minimum Gasteiger partial charge on any atom is -0.367 e. The summed E-state index contributed by atoms with van der Waals surface area (Å²) in [6.45, 7) is 6.16. The minimum atomic E-state index is -4.94. The van der Waals surface area contributed by atoms with E-state index in [1.54, 1.807) is 0 Å². The third-order valence-corrected chi connectivity index (χ3v) is 9.13. The molecule has 2 N–H and O–H groups in total. The van der Waals surface area contributed by atoms with Crippen LogP contribution in [0.25, 0.3) is 5.57 Å². The van der Waals surface area contributed by atoms with Gasteiger partial charge in [-0.3, -0.25) is 14.5 Å². The maximum Gasteiger partial charge on any atom is 0.417 e. The van der Waals surface area contributed by atoms with Gasteiger partial charge in [-0.25, -0.2) is 9.37 Å². The van der Waals surface area contributed by atoms with Crippen LogP contribution in [0.5, 0.6) is 0 Å². The van der Waals surface area contributed by atoms with Crippen LogP contribution >= 0.6 is 11.3 Å². The largest absolute Gasteiger partial charge is 0.417 e. The molecular weight excluding hydrogens is 598 g/mol. The van der Waals surface area contributed by atoms with Crippen LogP contribution in [0.3, 0.4) is 0 Å².